The fourth-order valence-corrected chi connectivity index (χ4v) is 7.41. The lowest BCUT2D eigenvalue weighted by Gasteiger charge is -2.33. The molecule has 35 heavy (non-hydrogen) atoms. The second kappa shape index (κ2) is 8.64. The van der Waals surface area contributed by atoms with Crippen molar-refractivity contribution in [1.82, 2.24) is 4.98 Å². The van der Waals surface area contributed by atoms with Gasteiger partial charge in [-0.05, 0) is 66.5 Å². The minimum absolute atomic E-state index is 0.143. The van der Waals surface area contributed by atoms with E-state index in [2.05, 4.69) is 38.2 Å². The van der Waals surface area contributed by atoms with Crippen LogP contribution in [0.4, 0.5) is 5.00 Å². The van der Waals surface area contributed by atoms with E-state index in [1.54, 1.807) is 34.8 Å². The summed E-state index contributed by atoms with van der Waals surface area (Å²) in [5.74, 6) is 1.78. The predicted molar refractivity (Wildman–Crippen MR) is 143 cm³/mol. The van der Waals surface area contributed by atoms with Gasteiger partial charge >= 0.3 is 0 Å². The minimum atomic E-state index is -0.143. The van der Waals surface area contributed by atoms with E-state index in [1.165, 1.54) is 10.4 Å². The second-order valence-electron chi connectivity index (χ2n) is 10.3. The standard InChI is InChI=1S/C28H28N2O3S2/c1-28(2,3)17-9-10-18-23(15-17)35-27(24(18)26-29-19-6-4-5-7-22(19)34-26)30-25(31)16-8-11-20-21(14-16)33-13-12-32-20/h4-8,11,14,17H,9-10,12-13,15H2,1-3H3,(H,30,31). The maximum absolute atomic E-state index is 13.4. The van der Waals surface area contributed by atoms with Crippen molar-refractivity contribution < 1.29 is 14.3 Å². The number of nitrogens with zero attached hydrogens (tertiary/aromatic N) is 1. The third-order valence-electron chi connectivity index (χ3n) is 7.03. The Bertz CT molecular complexity index is 1400. The van der Waals surface area contributed by atoms with E-state index in [9.17, 15) is 4.79 Å². The smallest absolute Gasteiger partial charge is 0.256 e. The largest absolute Gasteiger partial charge is 0.486 e. The summed E-state index contributed by atoms with van der Waals surface area (Å²) in [6.45, 7) is 8.01. The molecule has 7 heteroatoms. The van der Waals surface area contributed by atoms with Gasteiger partial charge in [-0.1, -0.05) is 32.9 Å². The Balaban J connectivity index is 1.39. The monoisotopic (exact) mass is 504 g/mol. The molecule has 1 unspecified atom stereocenters. The summed E-state index contributed by atoms with van der Waals surface area (Å²) >= 11 is 3.41. The zero-order chi connectivity index (χ0) is 24.2. The molecule has 0 saturated carbocycles. The van der Waals surface area contributed by atoms with E-state index in [-0.39, 0.29) is 11.3 Å². The van der Waals surface area contributed by atoms with Gasteiger partial charge in [0, 0.05) is 16.0 Å². The number of thiazole rings is 1. The number of fused-ring (bicyclic) bond motifs is 3. The molecule has 4 aromatic rings. The number of hydrogen-bond acceptors (Lipinski definition) is 6. The number of benzene rings is 2. The van der Waals surface area contributed by atoms with Crippen molar-refractivity contribution in [3.63, 3.8) is 0 Å². The van der Waals surface area contributed by atoms with Gasteiger partial charge in [0.05, 0.1) is 10.2 Å². The minimum Gasteiger partial charge on any atom is -0.486 e. The molecule has 6 rings (SSSR count). The Morgan fingerprint density at radius 1 is 1.06 bits per heavy atom. The van der Waals surface area contributed by atoms with Crippen molar-refractivity contribution in [1.29, 1.82) is 0 Å². The SMILES string of the molecule is CC(C)(C)C1CCc2c(sc(NC(=O)c3ccc4c(c3)OCCO4)c2-c2nc3ccccc3s2)C1. The van der Waals surface area contributed by atoms with E-state index in [0.29, 0.717) is 36.2 Å². The van der Waals surface area contributed by atoms with Crippen molar-refractivity contribution in [3.8, 4) is 22.1 Å². The number of rotatable bonds is 3. The van der Waals surface area contributed by atoms with Crippen LogP contribution in [0.5, 0.6) is 11.5 Å². The highest BCUT2D eigenvalue weighted by molar-refractivity contribution is 7.23. The highest BCUT2D eigenvalue weighted by Crippen LogP contribution is 2.49. The van der Waals surface area contributed by atoms with Crippen LogP contribution in [0.2, 0.25) is 0 Å². The Hall–Kier alpha value is -2.90. The van der Waals surface area contributed by atoms with Gasteiger partial charge in [0.2, 0.25) is 0 Å². The first-order valence-corrected chi connectivity index (χ1v) is 13.7. The maximum Gasteiger partial charge on any atom is 0.256 e. The zero-order valence-electron chi connectivity index (χ0n) is 20.1. The van der Waals surface area contributed by atoms with Crippen molar-refractivity contribution in [2.45, 2.75) is 40.0 Å². The number of hydrogen-bond donors (Lipinski definition) is 1. The molecule has 2 aromatic carbocycles. The third-order valence-corrected chi connectivity index (χ3v) is 9.25. The third kappa shape index (κ3) is 4.21. The molecule has 1 aliphatic carbocycles. The van der Waals surface area contributed by atoms with Crippen molar-refractivity contribution in [2.24, 2.45) is 11.3 Å². The number of aromatic nitrogens is 1. The van der Waals surface area contributed by atoms with Crippen LogP contribution in [0, 0.1) is 11.3 Å². The average Bonchev–Trinajstić information content (AvgIpc) is 3.43. The summed E-state index contributed by atoms with van der Waals surface area (Å²) < 4.78 is 12.5. The van der Waals surface area contributed by atoms with Crippen molar-refractivity contribution >= 4 is 43.8 Å². The predicted octanol–water partition coefficient (Wildman–Crippen LogP) is 7.20. The molecule has 3 heterocycles. The van der Waals surface area contributed by atoms with Gasteiger partial charge < -0.3 is 14.8 Å². The number of anilines is 1. The number of carbonyl (C=O) groups is 1. The molecule has 1 amide bonds. The lowest BCUT2D eigenvalue weighted by Crippen LogP contribution is -2.26. The number of thiophene rings is 1. The number of ether oxygens (including phenoxy) is 2. The zero-order valence-corrected chi connectivity index (χ0v) is 21.8. The molecule has 0 spiro atoms. The van der Waals surface area contributed by atoms with E-state index in [1.807, 2.05) is 18.2 Å². The fourth-order valence-electron chi connectivity index (χ4n) is 4.98. The lowest BCUT2D eigenvalue weighted by molar-refractivity contribution is 0.102. The molecule has 0 fully saturated rings. The summed E-state index contributed by atoms with van der Waals surface area (Å²) in [5.41, 5.74) is 4.27. The second-order valence-corrected chi connectivity index (χ2v) is 12.4. The highest BCUT2D eigenvalue weighted by Gasteiger charge is 2.33. The van der Waals surface area contributed by atoms with E-state index < -0.39 is 0 Å². The molecular weight excluding hydrogens is 476 g/mol. The summed E-state index contributed by atoms with van der Waals surface area (Å²) in [6.07, 6.45) is 3.21. The molecule has 5 nitrogen and oxygen atoms in total. The van der Waals surface area contributed by atoms with Crippen LogP contribution in [0.1, 0.15) is 48.0 Å². The maximum atomic E-state index is 13.4. The molecule has 1 atom stereocenters. The summed E-state index contributed by atoms with van der Waals surface area (Å²) in [7, 11) is 0. The first-order chi connectivity index (χ1) is 16.9. The van der Waals surface area contributed by atoms with Crippen LogP contribution >= 0.6 is 22.7 Å². The fraction of sp³-hybridized carbons (Fsp3) is 0.357. The van der Waals surface area contributed by atoms with Crippen LogP contribution in [0.25, 0.3) is 20.8 Å². The number of carbonyl (C=O) groups excluding carboxylic acids is 1. The molecule has 1 aliphatic heterocycles. The van der Waals surface area contributed by atoms with Crippen molar-refractivity contribution in [2.75, 3.05) is 18.5 Å². The topological polar surface area (TPSA) is 60.5 Å². The Morgan fingerprint density at radius 3 is 2.66 bits per heavy atom. The summed E-state index contributed by atoms with van der Waals surface area (Å²) in [6, 6.07) is 13.6. The number of nitrogens with one attached hydrogen (secondary N) is 1. The molecule has 2 aromatic heterocycles. The van der Waals surface area contributed by atoms with Gasteiger partial charge in [0.1, 0.15) is 23.2 Å². The van der Waals surface area contributed by atoms with Gasteiger partial charge in [-0.25, -0.2) is 4.98 Å². The molecule has 1 N–H and O–H groups in total. The van der Waals surface area contributed by atoms with Gasteiger partial charge in [-0.15, -0.1) is 22.7 Å². The van der Waals surface area contributed by atoms with Crippen LogP contribution in [0.15, 0.2) is 42.5 Å². The summed E-state index contributed by atoms with van der Waals surface area (Å²) in [5, 5.41) is 5.11. The van der Waals surface area contributed by atoms with Crippen LogP contribution in [0.3, 0.4) is 0 Å². The average molecular weight is 505 g/mol. The highest BCUT2D eigenvalue weighted by atomic mass is 32.1. The molecule has 180 valence electrons. The van der Waals surface area contributed by atoms with Crippen LogP contribution in [-0.2, 0) is 12.8 Å². The number of para-hydroxylation sites is 1. The van der Waals surface area contributed by atoms with Gasteiger partial charge in [-0.2, -0.15) is 0 Å². The molecule has 0 radical (unpaired) electrons. The molecule has 0 bridgehead atoms. The van der Waals surface area contributed by atoms with Crippen LogP contribution in [-0.4, -0.2) is 24.1 Å². The molecular formula is C28H28N2O3S2. The van der Waals surface area contributed by atoms with Gasteiger partial charge in [0.25, 0.3) is 5.91 Å². The lowest BCUT2D eigenvalue weighted by atomic mass is 9.72. The Kier molecular flexibility index (Phi) is 5.57. The first-order valence-electron chi connectivity index (χ1n) is 12.1. The van der Waals surface area contributed by atoms with E-state index in [4.69, 9.17) is 14.5 Å². The number of amides is 1. The van der Waals surface area contributed by atoms with E-state index >= 15 is 0 Å². The van der Waals surface area contributed by atoms with E-state index in [0.717, 1.165) is 45.1 Å². The van der Waals surface area contributed by atoms with Gasteiger partial charge in [0.15, 0.2) is 11.5 Å². The molecule has 2 aliphatic rings. The quantitative estimate of drug-likeness (QED) is 0.320. The normalized spacial score (nSPS) is 17.3. The molecule has 0 saturated heterocycles. The summed E-state index contributed by atoms with van der Waals surface area (Å²) in [4.78, 5) is 19.7. The van der Waals surface area contributed by atoms with Gasteiger partial charge in [-0.3, -0.25) is 4.79 Å². The Labute approximate surface area is 213 Å². The van der Waals surface area contributed by atoms with Crippen molar-refractivity contribution in [3.05, 3.63) is 58.5 Å². The first kappa shape index (κ1) is 22.6. The van der Waals surface area contributed by atoms with Crippen LogP contribution < -0.4 is 14.8 Å². The Morgan fingerprint density at radius 2 is 1.86 bits per heavy atom.